The van der Waals surface area contributed by atoms with Crippen LogP contribution >= 0.6 is 11.6 Å². The van der Waals surface area contributed by atoms with E-state index in [1.807, 2.05) is 42.5 Å². The minimum Gasteiger partial charge on any atom is -0.492 e. The van der Waals surface area contributed by atoms with E-state index in [1.165, 1.54) is 0 Å². The van der Waals surface area contributed by atoms with Gasteiger partial charge in [0.1, 0.15) is 5.75 Å². The number of hydrogen-bond donors (Lipinski definition) is 1. The topological polar surface area (TPSA) is 51.4 Å². The Bertz CT molecular complexity index is 927. The second-order valence-electron chi connectivity index (χ2n) is 6.91. The summed E-state index contributed by atoms with van der Waals surface area (Å²) in [7, 11) is 4.10. The number of nitrogens with zero attached hydrogens (tertiary/aromatic N) is 2. The lowest BCUT2D eigenvalue weighted by molar-refractivity contribution is 0.282. The van der Waals surface area contributed by atoms with Gasteiger partial charge in [-0.05, 0) is 49.8 Å². The Morgan fingerprint density at radius 2 is 1.82 bits per heavy atom. The predicted octanol–water partition coefficient (Wildman–Crippen LogP) is 4.86. The van der Waals surface area contributed by atoms with Crippen LogP contribution in [0.2, 0.25) is 5.02 Å². The SMILES string of the molecule is CN(C)CCCOc1cc(-c2ncccc2-c2ccccc2CN)ccc1Cl. The molecule has 0 amide bonds. The number of nitrogens with two attached hydrogens (primary N) is 1. The molecule has 0 saturated carbocycles. The summed E-state index contributed by atoms with van der Waals surface area (Å²) in [5.41, 5.74) is 11.0. The first-order valence-electron chi connectivity index (χ1n) is 9.41. The van der Waals surface area contributed by atoms with Gasteiger partial charge < -0.3 is 15.4 Å². The van der Waals surface area contributed by atoms with Crippen molar-refractivity contribution in [2.45, 2.75) is 13.0 Å². The van der Waals surface area contributed by atoms with Crippen molar-refractivity contribution in [2.24, 2.45) is 5.73 Å². The van der Waals surface area contributed by atoms with Crippen molar-refractivity contribution < 1.29 is 4.74 Å². The highest BCUT2D eigenvalue weighted by Gasteiger charge is 2.13. The molecule has 5 heteroatoms. The van der Waals surface area contributed by atoms with E-state index in [0.717, 1.165) is 40.9 Å². The van der Waals surface area contributed by atoms with Crippen LogP contribution in [0.15, 0.2) is 60.8 Å². The van der Waals surface area contributed by atoms with Gasteiger partial charge in [0.05, 0.1) is 17.3 Å². The van der Waals surface area contributed by atoms with Gasteiger partial charge >= 0.3 is 0 Å². The van der Waals surface area contributed by atoms with Gasteiger partial charge in [-0.15, -0.1) is 0 Å². The summed E-state index contributed by atoms with van der Waals surface area (Å²) in [5.74, 6) is 0.682. The lowest BCUT2D eigenvalue weighted by Gasteiger charge is -2.15. The van der Waals surface area contributed by atoms with Gasteiger partial charge in [0.2, 0.25) is 0 Å². The fourth-order valence-electron chi connectivity index (χ4n) is 3.14. The van der Waals surface area contributed by atoms with Crippen LogP contribution in [-0.2, 0) is 6.54 Å². The minimum atomic E-state index is 0.478. The first kappa shape index (κ1) is 20.3. The fourth-order valence-corrected chi connectivity index (χ4v) is 3.31. The molecule has 0 atom stereocenters. The van der Waals surface area contributed by atoms with Crippen LogP contribution in [-0.4, -0.2) is 37.1 Å². The van der Waals surface area contributed by atoms with Crippen LogP contribution in [0.5, 0.6) is 5.75 Å². The molecule has 0 saturated heterocycles. The Morgan fingerprint density at radius 3 is 2.61 bits per heavy atom. The summed E-state index contributed by atoms with van der Waals surface area (Å²) in [6, 6.07) is 18.0. The number of aromatic nitrogens is 1. The average molecular weight is 396 g/mol. The van der Waals surface area contributed by atoms with E-state index in [9.17, 15) is 0 Å². The molecule has 0 aliphatic carbocycles. The summed E-state index contributed by atoms with van der Waals surface area (Å²) in [6.45, 7) is 2.06. The summed E-state index contributed by atoms with van der Waals surface area (Å²) in [4.78, 5) is 6.78. The highest BCUT2D eigenvalue weighted by molar-refractivity contribution is 6.32. The molecule has 1 aromatic heterocycles. The van der Waals surface area contributed by atoms with Crippen LogP contribution in [0.1, 0.15) is 12.0 Å². The van der Waals surface area contributed by atoms with Gasteiger partial charge in [0, 0.05) is 30.4 Å². The molecule has 0 fully saturated rings. The lowest BCUT2D eigenvalue weighted by Crippen LogP contribution is -2.15. The molecular weight excluding hydrogens is 370 g/mol. The van der Waals surface area contributed by atoms with Crippen LogP contribution in [0.25, 0.3) is 22.4 Å². The van der Waals surface area contributed by atoms with Crippen molar-refractivity contribution in [3.8, 4) is 28.1 Å². The van der Waals surface area contributed by atoms with Crippen molar-refractivity contribution in [2.75, 3.05) is 27.2 Å². The molecule has 2 aromatic carbocycles. The maximum atomic E-state index is 6.36. The third-order valence-corrected chi connectivity index (χ3v) is 4.86. The highest BCUT2D eigenvalue weighted by atomic mass is 35.5. The summed E-state index contributed by atoms with van der Waals surface area (Å²) < 4.78 is 5.93. The summed E-state index contributed by atoms with van der Waals surface area (Å²) in [6.07, 6.45) is 2.74. The maximum absolute atomic E-state index is 6.36. The average Bonchev–Trinajstić information content (AvgIpc) is 2.72. The van der Waals surface area contributed by atoms with E-state index >= 15 is 0 Å². The van der Waals surface area contributed by atoms with Crippen molar-refractivity contribution >= 4 is 11.6 Å². The van der Waals surface area contributed by atoms with Crippen LogP contribution in [0.3, 0.4) is 0 Å². The molecule has 0 radical (unpaired) electrons. The molecule has 1 heterocycles. The Labute approximate surface area is 171 Å². The van der Waals surface area contributed by atoms with Gasteiger partial charge in [-0.2, -0.15) is 0 Å². The molecule has 4 nitrogen and oxygen atoms in total. The van der Waals surface area contributed by atoms with Crippen molar-refractivity contribution in [1.29, 1.82) is 0 Å². The molecule has 0 unspecified atom stereocenters. The van der Waals surface area contributed by atoms with Crippen LogP contribution in [0, 0.1) is 0 Å². The van der Waals surface area contributed by atoms with Gasteiger partial charge in [-0.1, -0.05) is 48.0 Å². The molecule has 0 aliphatic rings. The maximum Gasteiger partial charge on any atom is 0.138 e. The highest BCUT2D eigenvalue weighted by Crippen LogP contribution is 2.36. The number of pyridine rings is 1. The number of halogens is 1. The quantitative estimate of drug-likeness (QED) is 0.553. The zero-order valence-electron chi connectivity index (χ0n) is 16.4. The zero-order valence-corrected chi connectivity index (χ0v) is 17.1. The first-order valence-corrected chi connectivity index (χ1v) is 9.78. The smallest absolute Gasteiger partial charge is 0.138 e. The molecule has 146 valence electrons. The molecule has 3 aromatic rings. The molecule has 0 bridgehead atoms. The second-order valence-corrected chi connectivity index (χ2v) is 7.32. The van der Waals surface area contributed by atoms with Gasteiger partial charge in [0.25, 0.3) is 0 Å². The van der Waals surface area contributed by atoms with E-state index in [2.05, 4.69) is 36.1 Å². The summed E-state index contributed by atoms with van der Waals surface area (Å²) >= 11 is 6.36. The molecule has 0 spiro atoms. The van der Waals surface area contributed by atoms with Gasteiger partial charge in [0.15, 0.2) is 0 Å². The van der Waals surface area contributed by atoms with E-state index < -0.39 is 0 Å². The van der Waals surface area contributed by atoms with Crippen molar-refractivity contribution in [3.63, 3.8) is 0 Å². The van der Waals surface area contributed by atoms with Crippen molar-refractivity contribution in [1.82, 2.24) is 9.88 Å². The largest absolute Gasteiger partial charge is 0.492 e. The third kappa shape index (κ3) is 4.90. The van der Waals surface area contributed by atoms with Crippen molar-refractivity contribution in [3.05, 3.63) is 71.4 Å². The summed E-state index contributed by atoms with van der Waals surface area (Å²) in [5, 5.41) is 0.605. The Balaban J connectivity index is 1.93. The first-order chi connectivity index (χ1) is 13.6. The lowest BCUT2D eigenvalue weighted by atomic mass is 9.95. The van der Waals surface area contributed by atoms with E-state index in [1.54, 1.807) is 6.20 Å². The predicted molar refractivity (Wildman–Crippen MR) is 117 cm³/mol. The zero-order chi connectivity index (χ0) is 19.9. The third-order valence-electron chi connectivity index (χ3n) is 4.55. The Morgan fingerprint density at radius 1 is 1.04 bits per heavy atom. The second kappa shape index (κ2) is 9.69. The van der Waals surface area contributed by atoms with Gasteiger partial charge in [-0.25, -0.2) is 0 Å². The molecule has 3 rings (SSSR count). The Hall–Kier alpha value is -2.40. The molecule has 28 heavy (non-hydrogen) atoms. The van der Waals surface area contributed by atoms with Crippen LogP contribution < -0.4 is 10.5 Å². The number of hydrogen-bond acceptors (Lipinski definition) is 4. The van der Waals surface area contributed by atoms with E-state index in [4.69, 9.17) is 22.1 Å². The number of benzene rings is 2. The number of ether oxygens (including phenoxy) is 1. The normalized spacial score (nSPS) is 11.0. The standard InChI is InChI=1S/C23H26ClN3O/c1-27(2)13-6-14-28-22-15-17(10-11-21(22)24)23-20(9-5-12-26-23)19-8-4-3-7-18(19)16-25/h3-5,7-12,15H,6,13-14,16,25H2,1-2H3. The minimum absolute atomic E-state index is 0.478. The molecule has 0 aliphatic heterocycles. The molecular formula is C23H26ClN3O. The van der Waals surface area contributed by atoms with Crippen LogP contribution in [0.4, 0.5) is 0 Å². The monoisotopic (exact) mass is 395 g/mol. The molecule has 2 N–H and O–H groups in total. The van der Waals surface area contributed by atoms with Gasteiger partial charge in [-0.3, -0.25) is 4.98 Å². The number of rotatable bonds is 8. The van der Waals surface area contributed by atoms with E-state index in [0.29, 0.717) is 23.9 Å². The van der Waals surface area contributed by atoms with E-state index in [-0.39, 0.29) is 0 Å². The fraction of sp³-hybridized carbons (Fsp3) is 0.261. The Kier molecular flexibility index (Phi) is 7.04.